The monoisotopic (exact) mass is 377 g/mol. The Hall–Kier alpha value is -2.25. The first-order valence-corrected chi connectivity index (χ1v) is 9.40. The van der Waals surface area contributed by atoms with Gasteiger partial charge in [-0.2, -0.15) is 0 Å². The standard InChI is InChI=1S/C19H25FN4O.CH5N.H2/c1-12(2)11-22-15-5-7-24(8-6-15)19-16(18(21)25)9-13-3-4-14(20)10-17(13)23-19;1-2;/h3-4,9-10,12,15,22H,5-8,11H2,1-2H3,(H2,21,25);2H2,1H3;1H. The summed E-state index contributed by atoms with van der Waals surface area (Å²) in [5, 5.41) is 4.29. The minimum atomic E-state index is -0.506. The van der Waals surface area contributed by atoms with Crippen LogP contribution >= 0.6 is 0 Å². The van der Waals surface area contributed by atoms with Crippen LogP contribution in [0.15, 0.2) is 24.3 Å². The normalized spacial score (nSPS) is 15.0. The number of halogens is 1. The Balaban J connectivity index is 0.00000127. The SMILES string of the molecule is CC(C)CNC1CCN(c2nc3cc(F)ccc3cc2C(N)=O)CC1.CN.[HH]. The first-order chi connectivity index (χ1) is 12.9. The number of nitrogens with two attached hydrogens (primary N) is 2. The zero-order chi connectivity index (χ0) is 20.0. The Labute approximate surface area is 161 Å². The molecule has 1 aromatic carbocycles. The molecule has 0 aliphatic carbocycles. The van der Waals surface area contributed by atoms with Crippen LogP contribution < -0.4 is 21.7 Å². The topological polar surface area (TPSA) is 97.3 Å². The van der Waals surface area contributed by atoms with Gasteiger partial charge < -0.3 is 21.7 Å². The Bertz CT molecular complexity index is 779. The van der Waals surface area contributed by atoms with Gasteiger partial charge in [0.15, 0.2) is 0 Å². The minimum absolute atomic E-state index is 0. The van der Waals surface area contributed by atoms with Crippen molar-refractivity contribution in [1.29, 1.82) is 0 Å². The second-order valence-electron chi connectivity index (χ2n) is 7.12. The van der Waals surface area contributed by atoms with Crippen molar-refractivity contribution >= 4 is 22.6 Å². The van der Waals surface area contributed by atoms with E-state index < -0.39 is 5.91 Å². The molecular weight excluding hydrogens is 345 g/mol. The maximum atomic E-state index is 13.5. The number of amides is 1. The van der Waals surface area contributed by atoms with Crippen LogP contribution in [0.4, 0.5) is 10.2 Å². The van der Waals surface area contributed by atoms with E-state index in [2.05, 4.69) is 34.8 Å². The van der Waals surface area contributed by atoms with Crippen molar-refractivity contribution in [2.24, 2.45) is 17.4 Å². The summed E-state index contributed by atoms with van der Waals surface area (Å²) in [4.78, 5) is 18.5. The maximum Gasteiger partial charge on any atom is 0.252 e. The Morgan fingerprint density at radius 2 is 2.00 bits per heavy atom. The number of hydrogen-bond acceptors (Lipinski definition) is 5. The molecule has 1 fully saturated rings. The number of anilines is 1. The molecule has 1 aromatic heterocycles. The van der Waals surface area contributed by atoms with E-state index in [1.54, 1.807) is 12.1 Å². The number of piperidine rings is 1. The van der Waals surface area contributed by atoms with E-state index in [0.717, 1.165) is 32.5 Å². The quantitative estimate of drug-likeness (QED) is 0.744. The Morgan fingerprint density at radius 3 is 2.59 bits per heavy atom. The van der Waals surface area contributed by atoms with Gasteiger partial charge in [-0.1, -0.05) is 13.8 Å². The van der Waals surface area contributed by atoms with Gasteiger partial charge in [-0.05, 0) is 50.6 Å². The van der Waals surface area contributed by atoms with Gasteiger partial charge in [-0.25, -0.2) is 9.37 Å². The molecule has 5 N–H and O–H groups in total. The summed E-state index contributed by atoms with van der Waals surface area (Å²) < 4.78 is 13.5. The highest BCUT2D eigenvalue weighted by Crippen LogP contribution is 2.26. The smallest absolute Gasteiger partial charge is 0.252 e. The number of rotatable bonds is 5. The molecule has 1 aliphatic rings. The molecule has 1 amide bonds. The first kappa shape index (κ1) is 21.1. The number of carbonyl (C=O) groups excluding carboxylic acids is 1. The molecule has 0 spiro atoms. The molecule has 0 radical (unpaired) electrons. The molecule has 7 heteroatoms. The van der Waals surface area contributed by atoms with Gasteiger partial charge in [0.2, 0.25) is 0 Å². The van der Waals surface area contributed by atoms with E-state index in [9.17, 15) is 9.18 Å². The van der Waals surface area contributed by atoms with Crippen LogP contribution in [0.5, 0.6) is 0 Å². The van der Waals surface area contributed by atoms with Crippen molar-refractivity contribution in [3.63, 3.8) is 0 Å². The summed E-state index contributed by atoms with van der Waals surface area (Å²) >= 11 is 0. The van der Waals surface area contributed by atoms with Gasteiger partial charge in [0.1, 0.15) is 11.6 Å². The highest BCUT2D eigenvalue weighted by Gasteiger charge is 2.24. The Kier molecular flexibility index (Phi) is 7.50. The van der Waals surface area contributed by atoms with Gasteiger partial charge in [0.25, 0.3) is 5.91 Å². The van der Waals surface area contributed by atoms with Crippen LogP contribution in [0.2, 0.25) is 0 Å². The summed E-state index contributed by atoms with van der Waals surface area (Å²) in [5.41, 5.74) is 11.0. The van der Waals surface area contributed by atoms with E-state index in [0.29, 0.717) is 34.2 Å². The molecule has 2 aromatic rings. The van der Waals surface area contributed by atoms with Crippen molar-refractivity contribution in [2.75, 3.05) is 31.6 Å². The minimum Gasteiger partial charge on any atom is -0.365 e. The number of primary amides is 1. The van der Waals surface area contributed by atoms with Crippen LogP contribution in [0, 0.1) is 11.7 Å². The summed E-state index contributed by atoms with van der Waals surface area (Å²) in [6.07, 6.45) is 1.96. The predicted molar refractivity (Wildman–Crippen MR) is 111 cm³/mol. The molecule has 6 nitrogen and oxygen atoms in total. The lowest BCUT2D eigenvalue weighted by Crippen LogP contribution is -2.44. The molecule has 0 saturated carbocycles. The molecular formula is C20H32FN5O. The predicted octanol–water partition coefficient (Wildman–Crippen LogP) is 2.51. The zero-order valence-corrected chi connectivity index (χ0v) is 16.3. The average Bonchev–Trinajstić information content (AvgIpc) is 2.67. The summed E-state index contributed by atoms with van der Waals surface area (Å²) in [6, 6.07) is 6.56. The van der Waals surface area contributed by atoms with Crippen LogP contribution in [-0.4, -0.2) is 43.6 Å². The van der Waals surface area contributed by atoms with Gasteiger partial charge in [0.05, 0.1) is 11.1 Å². The lowest BCUT2D eigenvalue weighted by molar-refractivity contribution is 0.100. The molecule has 0 bridgehead atoms. The fraction of sp³-hybridized carbons (Fsp3) is 0.500. The van der Waals surface area contributed by atoms with E-state index in [-0.39, 0.29) is 7.24 Å². The summed E-state index contributed by atoms with van der Waals surface area (Å²) in [6.45, 7) is 6.98. The third-order valence-electron chi connectivity index (χ3n) is 4.63. The molecule has 1 saturated heterocycles. The lowest BCUT2D eigenvalue weighted by atomic mass is 10.0. The second kappa shape index (κ2) is 9.62. The van der Waals surface area contributed by atoms with Crippen LogP contribution in [-0.2, 0) is 0 Å². The van der Waals surface area contributed by atoms with Crippen molar-refractivity contribution in [3.8, 4) is 0 Å². The van der Waals surface area contributed by atoms with Crippen LogP contribution in [0.1, 0.15) is 38.5 Å². The molecule has 3 rings (SSSR count). The molecule has 27 heavy (non-hydrogen) atoms. The number of pyridine rings is 1. The molecule has 0 atom stereocenters. The lowest BCUT2D eigenvalue weighted by Gasteiger charge is -2.34. The Morgan fingerprint density at radius 1 is 1.33 bits per heavy atom. The van der Waals surface area contributed by atoms with E-state index in [1.807, 2.05) is 0 Å². The number of nitrogens with zero attached hydrogens (tertiary/aromatic N) is 2. The fourth-order valence-corrected chi connectivity index (χ4v) is 3.25. The average molecular weight is 378 g/mol. The fourth-order valence-electron chi connectivity index (χ4n) is 3.25. The molecule has 2 heterocycles. The van der Waals surface area contributed by atoms with Gasteiger partial charge in [0, 0.05) is 32.0 Å². The third kappa shape index (κ3) is 5.37. The van der Waals surface area contributed by atoms with Crippen molar-refractivity contribution in [2.45, 2.75) is 32.7 Å². The largest absolute Gasteiger partial charge is 0.365 e. The summed E-state index contributed by atoms with van der Waals surface area (Å²) in [7, 11) is 1.50. The van der Waals surface area contributed by atoms with Crippen molar-refractivity contribution in [3.05, 3.63) is 35.6 Å². The number of nitrogens with one attached hydrogen (secondary N) is 1. The molecule has 150 valence electrons. The van der Waals surface area contributed by atoms with Gasteiger partial charge >= 0.3 is 0 Å². The van der Waals surface area contributed by atoms with E-state index in [4.69, 9.17) is 5.73 Å². The number of aromatic nitrogens is 1. The number of carbonyl (C=O) groups is 1. The second-order valence-corrected chi connectivity index (χ2v) is 7.12. The maximum absolute atomic E-state index is 13.5. The highest BCUT2D eigenvalue weighted by molar-refractivity contribution is 6.01. The highest BCUT2D eigenvalue weighted by atomic mass is 19.1. The third-order valence-corrected chi connectivity index (χ3v) is 4.63. The molecule has 1 aliphatic heterocycles. The number of benzene rings is 1. The first-order valence-electron chi connectivity index (χ1n) is 9.40. The zero-order valence-electron chi connectivity index (χ0n) is 16.3. The van der Waals surface area contributed by atoms with E-state index >= 15 is 0 Å². The number of hydrogen-bond donors (Lipinski definition) is 3. The number of fused-ring (bicyclic) bond motifs is 1. The van der Waals surface area contributed by atoms with Gasteiger partial charge in [-0.3, -0.25) is 4.79 Å². The van der Waals surface area contributed by atoms with E-state index in [1.165, 1.54) is 19.2 Å². The van der Waals surface area contributed by atoms with Crippen molar-refractivity contribution in [1.82, 2.24) is 10.3 Å². The van der Waals surface area contributed by atoms with Crippen LogP contribution in [0.3, 0.4) is 0 Å². The van der Waals surface area contributed by atoms with Crippen LogP contribution in [0.25, 0.3) is 10.9 Å². The molecule has 0 unspecified atom stereocenters. The van der Waals surface area contributed by atoms with Gasteiger partial charge in [-0.15, -0.1) is 0 Å². The summed E-state index contributed by atoms with van der Waals surface area (Å²) in [5.74, 6) is 0.340. The van der Waals surface area contributed by atoms with Crippen molar-refractivity contribution < 1.29 is 10.6 Å².